The van der Waals surface area contributed by atoms with E-state index in [0.717, 1.165) is 0 Å². The summed E-state index contributed by atoms with van der Waals surface area (Å²) in [5.41, 5.74) is 0.585. The summed E-state index contributed by atoms with van der Waals surface area (Å²) in [6, 6.07) is 13.8. The van der Waals surface area contributed by atoms with Gasteiger partial charge in [0, 0.05) is 7.05 Å². The van der Waals surface area contributed by atoms with Gasteiger partial charge in [0.05, 0.1) is 5.69 Å². The lowest BCUT2D eigenvalue weighted by Gasteiger charge is -2.11. The zero-order valence-electron chi connectivity index (χ0n) is 19.1. The second-order valence-corrected chi connectivity index (χ2v) is 9.06. The summed E-state index contributed by atoms with van der Waals surface area (Å²) in [5.74, 6) is 2.18. The van der Waals surface area contributed by atoms with E-state index < -0.39 is 5.97 Å². The standard InChI is InChI=1S/C24H20Cl4N2O5/c1-13-20(24(31)33-15(3)22(27)28)23(30(4)29-13)35-19-11-9-18(10-12-19)34-17-7-5-16(6-8-17)32-14(2)21(25)26/h5-12H,1-4H3. The van der Waals surface area contributed by atoms with Gasteiger partial charge < -0.3 is 18.9 Å². The molecule has 3 aromatic rings. The van der Waals surface area contributed by atoms with Crippen molar-refractivity contribution in [3.8, 4) is 28.9 Å². The number of aryl methyl sites for hydroxylation is 2. The second-order valence-electron chi connectivity index (χ2n) is 7.16. The molecule has 184 valence electrons. The first-order valence-corrected chi connectivity index (χ1v) is 11.6. The Morgan fingerprint density at radius 1 is 0.771 bits per heavy atom. The molecule has 0 spiro atoms. The quantitative estimate of drug-likeness (QED) is 0.205. The van der Waals surface area contributed by atoms with Crippen LogP contribution in [0.4, 0.5) is 0 Å². The maximum absolute atomic E-state index is 12.6. The molecule has 0 aliphatic heterocycles. The molecule has 0 saturated carbocycles. The molecule has 0 amide bonds. The molecule has 2 aromatic carbocycles. The minimum Gasteiger partial charge on any atom is -0.460 e. The molecule has 0 bridgehead atoms. The molecular formula is C24H20Cl4N2O5. The minimum atomic E-state index is -0.687. The lowest BCUT2D eigenvalue weighted by Crippen LogP contribution is -2.07. The molecule has 7 nitrogen and oxygen atoms in total. The Bertz CT molecular complexity index is 1270. The summed E-state index contributed by atoms with van der Waals surface area (Å²) in [6.45, 7) is 4.81. The van der Waals surface area contributed by atoms with Crippen molar-refractivity contribution in [3.63, 3.8) is 0 Å². The third-order valence-corrected chi connectivity index (χ3v) is 5.58. The summed E-state index contributed by atoms with van der Waals surface area (Å²) in [5, 5.41) is 4.24. The molecule has 1 aromatic heterocycles. The summed E-state index contributed by atoms with van der Waals surface area (Å²) in [6.07, 6.45) is 0. The average Bonchev–Trinajstić information content (AvgIpc) is 3.08. The van der Waals surface area contributed by atoms with Crippen molar-refractivity contribution < 1.29 is 23.7 Å². The van der Waals surface area contributed by atoms with E-state index in [1.54, 1.807) is 69.4 Å². The Labute approximate surface area is 222 Å². The summed E-state index contributed by atoms with van der Waals surface area (Å²) in [4.78, 5) is 12.6. The number of allylic oxidation sites excluding steroid dienone is 2. The van der Waals surface area contributed by atoms with Crippen LogP contribution in [0.15, 0.2) is 69.0 Å². The first kappa shape index (κ1) is 26.8. The van der Waals surface area contributed by atoms with E-state index in [1.807, 2.05) is 0 Å². The fourth-order valence-corrected chi connectivity index (χ4v) is 2.99. The van der Waals surface area contributed by atoms with Crippen molar-refractivity contribution in [1.29, 1.82) is 0 Å². The second kappa shape index (κ2) is 11.7. The fraction of sp³-hybridized carbons (Fsp3) is 0.167. The van der Waals surface area contributed by atoms with Crippen LogP contribution in [0.5, 0.6) is 28.9 Å². The van der Waals surface area contributed by atoms with Gasteiger partial charge in [-0.25, -0.2) is 9.48 Å². The molecule has 0 aliphatic rings. The van der Waals surface area contributed by atoms with Crippen LogP contribution in [-0.4, -0.2) is 15.7 Å². The molecule has 0 radical (unpaired) electrons. The first-order valence-electron chi connectivity index (χ1n) is 10.1. The minimum absolute atomic E-state index is 0.0598. The first-order chi connectivity index (χ1) is 16.5. The number of hydrogen-bond acceptors (Lipinski definition) is 6. The van der Waals surface area contributed by atoms with E-state index in [4.69, 9.17) is 65.4 Å². The molecule has 0 atom stereocenters. The molecule has 0 unspecified atom stereocenters. The highest BCUT2D eigenvalue weighted by molar-refractivity contribution is 6.56. The highest BCUT2D eigenvalue weighted by Crippen LogP contribution is 2.31. The predicted octanol–water partition coefficient (Wildman–Crippen LogP) is 8.18. The van der Waals surface area contributed by atoms with Crippen LogP contribution in [0.1, 0.15) is 29.9 Å². The van der Waals surface area contributed by atoms with Gasteiger partial charge in [0.25, 0.3) is 0 Å². The number of ether oxygens (including phenoxy) is 4. The van der Waals surface area contributed by atoms with Crippen LogP contribution in [0, 0.1) is 6.92 Å². The van der Waals surface area contributed by atoms with Gasteiger partial charge in [-0.15, -0.1) is 0 Å². The van der Waals surface area contributed by atoms with Crippen LogP contribution in [0.2, 0.25) is 0 Å². The average molecular weight is 558 g/mol. The summed E-state index contributed by atoms with van der Waals surface area (Å²) < 4.78 is 23.8. The Morgan fingerprint density at radius 2 is 1.23 bits per heavy atom. The van der Waals surface area contributed by atoms with Crippen molar-refractivity contribution in [1.82, 2.24) is 9.78 Å². The normalized spacial score (nSPS) is 10.4. The third-order valence-electron chi connectivity index (χ3n) is 4.52. The van der Waals surface area contributed by atoms with Crippen LogP contribution in [0.25, 0.3) is 0 Å². The molecule has 0 saturated heterocycles. The van der Waals surface area contributed by atoms with Gasteiger partial charge >= 0.3 is 5.97 Å². The SMILES string of the molecule is CC(OC(=O)c1c(C)nn(C)c1Oc1ccc(Oc2ccc(OC(C)=C(Cl)Cl)cc2)cc1)=C(Cl)Cl. The number of carbonyl (C=O) groups is 1. The lowest BCUT2D eigenvalue weighted by atomic mass is 10.2. The fourth-order valence-electron chi connectivity index (χ4n) is 2.83. The zero-order chi connectivity index (χ0) is 25.7. The van der Waals surface area contributed by atoms with Gasteiger partial charge in [0.15, 0.2) is 0 Å². The van der Waals surface area contributed by atoms with Gasteiger partial charge in [0.1, 0.15) is 49.1 Å². The highest BCUT2D eigenvalue weighted by atomic mass is 35.5. The highest BCUT2D eigenvalue weighted by Gasteiger charge is 2.25. The Balaban J connectivity index is 1.71. The van der Waals surface area contributed by atoms with Crippen LogP contribution in [0.3, 0.4) is 0 Å². The zero-order valence-corrected chi connectivity index (χ0v) is 22.1. The van der Waals surface area contributed by atoms with E-state index >= 15 is 0 Å². The number of esters is 1. The van der Waals surface area contributed by atoms with Crippen molar-refractivity contribution in [2.75, 3.05) is 0 Å². The number of rotatable bonds is 8. The van der Waals surface area contributed by atoms with Gasteiger partial charge in [-0.05, 0) is 69.3 Å². The van der Waals surface area contributed by atoms with Gasteiger partial charge in [0.2, 0.25) is 5.88 Å². The van der Waals surface area contributed by atoms with E-state index in [9.17, 15) is 4.79 Å². The largest absolute Gasteiger partial charge is 0.460 e. The molecular weight excluding hydrogens is 538 g/mol. The topological polar surface area (TPSA) is 71.8 Å². The van der Waals surface area contributed by atoms with E-state index in [2.05, 4.69) is 5.10 Å². The molecule has 0 fully saturated rings. The molecule has 35 heavy (non-hydrogen) atoms. The number of hydrogen-bond donors (Lipinski definition) is 0. The smallest absolute Gasteiger partial charge is 0.350 e. The van der Waals surface area contributed by atoms with E-state index in [-0.39, 0.29) is 26.2 Å². The van der Waals surface area contributed by atoms with Crippen LogP contribution >= 0.6 is 46.4 Å². The van der Waals surface area contributed by atoms with Gasteiger partial charge in [-0.3, -0.25) is 0 Å². The molecule has 0 N–H and O–H groups in total. The van der Waals surface area contributed by atoms with Crippen molar-refractivity contribution >= 4 is 52.4 Å². The van der Waals surface area contributed by atoms with E-state index in [0.29, 0.717) is 34.5 Å². The number of benzene rings is 2. The lowest BCUT2D eigenvalue weighted by molar-refractivity contribution is 0.0622. The maximum atomic E-state index is 12.6. The summed E-state index contributed by atoms with van der Waals surface area (Å²) in [7, 11) is 1.65. The van der Waals surface area contributed by atoms with E-state index in [1.165, 1.54) is 11.6 Å². The van der Waals surface area contributed by atoms with Crippen molar-refractivity contribution in [2.24, 2.45) is 7.05 Å². The molecule has 1 heterocycles. The molecule has 11 heteroatoms. The van der Waals surface area contributed by atoms with Crippen molar-refractivity contribution in [3.05, 3.63) is 80.3 Å². The Kier molecular flexibility index (Phi) is 8.97. The van der Waals surface area contributed by atoms with Crippen LogP contribution in [-0.2, 0) is 11.8 Å². The number of halogens is 4. The van der Waals surface area contributed by atoms with Crippen LogP contribution < -0.4 is 14.2 Å². The van der Waals surface area contributed by atoms with Gasteiger partial charge in [-0.1, -0.05) is 46.4 Å². The third kappa shape index (κ3) is 7.08. The molecule has 3 rings (SSSR count). The summed E-state index contributed by atoms with van der Waals surface area (Å²) >= 11 is 22.7. The number of carbonyl (C=O) groups excluding carboxylic acids is 1. The van der Waals surface area contributed by atoms with Gasteiger partial charge in [-0.2, -0.15) is 5.10 Å². The maximum Gasteiger partial charge on any atom is 0.350 e. The Hall–Kier alpha value is -2.84. The number of aromatic nitrogens is 2. The Morgan fingerprint density at radius 3 is 1.71 bits per heavy atom. The monoisotopic (exact) mass is 556 g/mol. The van der Waals surface area contributed by atoms with Crippen molar-refractivity contribution in [2.45, 2.75) is 20.8 Å². The number of nitrogens with zero attached hydrogens (tertiary/aromatic N) is 2. The molecule has 0 aliphatic carbocycles. The predicted molar refractivity (Wildman–Crippen MR) is 136 cm³/mol.